The van der Waals surface area contributed by atoms with E-state index in [1.54, 1.807) is 0 Å². The Bertz CT molecular complexity index is 206. The molecule has 2 heteroatoms. The molecular formula is C12H20O2. The van der Waals surface area contributed by atoms with Crippen molar-refractivity contribution in [3.63, 3.8) is 0 Å². The minimum Gasteiger partial charge on any atom is -0.466 e. The average molecular weight is 196 g/mol. The van der Waals surface area contributed by atoms with E-state index in [0.29, 0.717) is 13.0 Å². The second-order valence-corrected chi connectivity index (χ2v) is 3.80. The molecule has 2 nitrogen and oxygen atoms in total. The number of hydrogen-bond donors (Lipinski definition) is 0. The molecule has 80 valence electrons. The molecule has 0 saturated carbocycles. The van der Waals surface area contributed by atoms with E-state index in [0.717, 1.165) is 12.8 Å². The molecule has 0 amide bonds. The summed E-state index contributed by atoms with van der Waals surface area (Å²) in [6, 6.07) is 0. The lowest BCUT2D eigenvalue weighted by atomic mass is 9.98. The Kier molecular flexibility index (Phi) is 5.35. The van der Waals surface area contributed by atoms with Crippen molar-refractivity contribution in [3.8, 4) is 0 Å². The summed E-state index contributed by atoms with van der Waals surface area (Å²) < 4.78 is 4.94. The van der Waals surface area contributed by atoms with E-state index < -0.39 is 0 Å². The zero-order valence-corrected chi connectivity index (χ0v) is 9.05. The van der Waals surface area contributed by atoms with E-state index in [2.05, 4.69) is 6.08 Å². The second kappa shape index (κ2) is 6.63. The van der Waals surface area contributed by atoms with E-state index in [4.69, 9.17) is 4.74 Å². The number of carbonyl (C=O) groups is 1. The number of ether oxygens (including phenoxy) is 1. The normalized spacial score (nSPS) is 17.9. The summed E-state index contributed by atoms with van der Waals surface area (Å²) in [7, 11) is 0. The van der Waals surface area contributed by atoms with Gasteiger partial charge < -0.3 is 4.74 Å². The van der Waals surface area contributed by atoms with Crippen LogP contribution in [0, 0.1) is 0 Å². The number of carbonyl (C=O) groups excluding carboxylic acids is 1. The molecule has 1 aliphatic carbocycles. The van der Waals surface area contributed by atoms with Crippen LogP contribution in [0.4, 0.5) is 0 Å². The van der Waals surface area contributed by atoms with Crippen LogP contribution in [0.25, 0.3) is 0 Å². The molecule has 0 unspecified atom stereocenters. The molecule has 0 radical (unpaired) electrons. The third-order valence-electron chi connectivity index (χ3n) is 2.56. The first-order chi connectivity index (χ1) is 6.83. The fourth-order valence-electron chi connectivity index (χ4n) is 1.82. The Morgan fingerprint density at radius 3 is 2.93 bits per heavy atom. The van der Waals surface area contributed by atoms with E-state index in [-0.39, 0.29) is 5.97 Å². The molecule has 14 heavy (non-hydrogen) atoms. The lowest BCUT2D eigenvalue weighted by Crippen LogP contribution is -2.05. The molecule has 0 heterocycles. The van der Waals surface area contributed by atoms with Crippen LogP contribution in [0.15, 0.2) is 11.6 Å². The number of rotatable bonds is 3. The van der Waals surface area contributed by atoms with E-state index >= 15 is 0 Å². The summed E-state index contributed by atoms with van der Waals surface area (Å²) in [5.74, 6) is -0.0701. The minimum absolute atomic E-state index is 0.0701. The van der Waals surface area contributed by atoms with Crippen LogP contribution in [-0.2, 0) is 9.53 Å². The molecule has 0 spiro atoms. The lowest BCUT2D eigenvalue weighted by Gasteiger charge is -2.10. The van der Waals surface area contributed by atoms with Crippen molar-refractivity contribution in [1.82, 2.24) is 0 Å². The molecule has 0 saturated heterocycles. The maximum atomic E-state index is 11.2. The van der Waals surface area contributed by atoms with E-state index in [9.17, 15) is 4.79 Å². The van der Waals surface area contributed by atoms with Gasteiger partial charge in [-0.25, -0.2) is 0 Å². The third kappa shape index (κ3) is 4.45. The van der Waals surface area contributed by atoms with Crippen LogP contribution in [0.5, 0.6) is 0 Å². The number of esters is 1. The SMILES string of the molecule is CCOC(=O)CC1=CCCCCCC1. The van der Waals surface area contributed by atoms with Gasteiger partial charge in [0.05, 0.1) is 13.0 Å². The highest BCUT2D eigenvalue weighted by atomic mass is 16.5. The van der Waals surface area contributed by atoms with Gasteiger partial charge in [-0.3, -0.25) is 4.79 Å². The van der Waals surface area contributed by atoms with Gasteiger partial charge in [0.15, 0.2) is 0 Å². The predicted molar refractivity (Wildman–Crippen MR) is 57.0 cm³/mol. The van der Waals surface area contributed by atoms with Crippen LogP contribution in [-0.4, -0.2) is 12.6 Å². The van der Waals surface area contributed by atoms with Gasteiger partial charge in [0.25, 0.3) is 0 Å². The Balaban J connectivity index is 2.36. The summed E-state index contributed by atoms with van der Waals surface area (Å²) >= 11 is 0. The molecule has 1 aliphatic rings. The molecule has 0 fully saturated rings. The molecular weight excluding hydrogens is 176 g/mol. The van der Waals surface area contributed by atoms with Crippen molar-refractivity contribution in [3.05, 3.63) is 11.6 Å². The molecule has 0 aromatic rings. The highest BCUT2D eigenvalue weighted by Crippen LogP contribution is 2.19. The zero-order valence-electron chi connectivity index (χ0n) is 9.05. The van der Waals surface area contributed by atoms with Crippen LogP contribution in [0.3, 0.4) is 0 Å². The van der Waals surface area contributed by atoms with Crippen LogP contribution in [0.2, 0.25) is 0 Å². The average Bonchev–Trinajstić information content (AvgIpc) is 2.10. The summed E-state index contributed by atoms with van der Waals surface area (Å²) in [4.78, 5) is 11.2. The van der Waals surface area contributed by atoms with Crippen molar-refractivity contribution in [2.45, 2.75) is 51.9 Å². The molecule has 0 aromatic carbocycles. The monoisotopic (exact) mass is 196 g/mol. The Labute approximate surface area is 86.3 Å². The summed E-state index contributed by atoms with van der Waals surface area (Å²) in [5.41, 5.74) is 1.28. The highest BCUT2D eigenvalue weighted by Gasteiger charge is 2.07. The van der Waals surface area contributed by atoms with Gasteiger partial charge in [-0.15, -0.1) is 0 Å². The van der Waals surface area contributed by atoms with Crippen molar-refractivity contribution in [1.29, 1.82) is 0 Å². The van der Waals surface area contributed by atoms with Gasteiger partial charge in [0.1, 0.15) is 0 Å². The van der Waals surface area contributed by atoms with Gasteiger partial charge in [0.2, 0.25) is 0 Å². The largest absolute Gasteiger partial charge is 0.466 e. The van der Waals surface area contributed by atoms with Gasteiger partial charge in [0, 0.05) is 0 Å². The van der Waals surface area contributed by atoms with Crippen molar-refractivity contribution < 1.29 is 9.53 Å². The Morgan fingerprint density at radius 2 is 2.14 bits per heavy atom. The zero-order chi connectivity index (χ0) is 10.2. The topological polar surface area (TPSA) is 26.3 Å². The molecule has 0 aromatic heterocycles. The van der Waals surface area contributed by atoms with Crippen molar-refractivity contribution in [2.24, 2.45) is 0 Å². The molecule has 1 rings (SSSR count). The fourth-order valence-corrected chi connectivity index (χ4v) is 1.82. The standard InChI is InChI=1S/C12H20O2/c1-2-14-12(13)10-11-8-6-4-3-5-7-9-11/h8H,2-7,9-10H2,1H3. The van der Waals surface area contributed by atoms with Gasteiger partial charge >= 0.3 is 5.97 Å². The molecule has 0 atom stereocenters. The number of allylic oxidation sites excluding steroid dienone is 1. The second-order valence-electron chi connectivity index (χ2n) is 3.80. The smallest absolute Gasteiger partial charge is 0.309 e. The van der Waals surface area contributed by atoms with E-state index in [1.165, 1.54) is 31.3 Å². The highest BCUT2D eigenvalue weighted by molar-refractivity contribution is 5.72. The summed E-state index contributed by atoms with van der Waals surface area (Å²) in [6.45, 7) is 2.34. The Morgan fingerprint density at radius 1 is 1.36 bits per heavy atom. The van der Waals surface area contributed by atoms with Gasteiger partial charge in [-0.2, -0.15) is 0 Å². The summed E-state index contributed by atoms with van der Waals surface area (Å²) in [6.07, 6.45) is 10.1. The first-order valence-electron chi connectivity index (χ1n) is 5.66. The van der Waals surface area contributed by atoms with Crippen LogP contribution >= 0.6 is 0 Å². The lowest BCUT2D eigenvalue weighted by molar-refractivity contribution is -0.142. The first kappa shape index (κ1) is 11.3. The summed E-state index contributed by atoms with van der Waals surface area (Å²) in [5, 5.41) is 0. The maximum Gasteiger partial charge on any atom is 0.309 e. The van der Waals surface area contributed by atoms with Crippen molar-refractivity contribution >= 4 is 5.97 Å². The maximum absolute atomic E-state index is 11.2. The van der Waals surface area contributed by atoms with Crippen LogP contribution in [0.1, 0.15) is 51.9 Å². The minimum atomic E-state index is -0.0701. The van der Waals surface area contributed by atoms with Gasteiger partial charge in [-0.05, 0) is 32.6 Å². The predicted octanol–water partition coefficient (Wildman–Crippen LogP) is 3.22. The quantitative estimate of drug-likeness (QED) is 0.511. The third-order valence-corrected chi connectivity index (χ3v) is 2.56. The fraction of sp³-hybridized carbons (Fsp3) is 0.750. The Hall–Kier alpha value is -0.790. The number of hydrogen-bond acceptors (Lipinski definition) is 2. The molecule has 0 bridgehead atoms. The van der Waals surface area contributed by atoms with Crippen molar-refractivity contribution in [2.75, 3.05) is 6.61 Å². The van der Waals surface area contributed by atoms with Crippen LogP contribution < -0.4 is 0 Å². The van der Waals surface area contributed by atoms with E-state index in [1.807, 2.05) is 6.92 Å². The molecule has 0 aliphatic heterocycles. The van der Waals surface area contributed by atoms with Gasteiger partial charge in [-0.1, -0.05) is 24.5 Å². The first-order valence-corrected chi connectivity index (χ1v) is 5.66. The molecule has 0 N–H and O–H groups in total.